The second kappa shape index (κ2) is 12.2. The maximum atomic E-state index is 6.53. The molecule has 8 aromatic carbocycles. The molecule has 0 spiro atoms. The molecule has 0 unspecified atom stereocenters. The molecule has 0 saturated heterocycles. The third kappa shape index (κ3) is 5.10. The van der Waals surface area contributed by atoms with Crippen LogP contribution in [0.25, 0.3) is 75.5 Å². The molecule has 0 aliphatic rings. The molecule has 10 rings (SSSR count). The molecular formula is C48H31NOS. The Bertz CT molecular complexity index is 2830. The highest BCUT2D eigenvalue weighted by Gasteiger charge is 2.20. The van der Waals surface area contributed by atoms with Gasteiger partial charge in [0.15, 0.2) is 0 Å². The SMILES string of the molecule is c1ccc(-c2cccc(-c3ccc(N(c4ccccc4)c4ccc(-c5cc6c7ccccc7oc6c6c5sc5ccccc56)cc4)cc3)c2)cc1. The number of anilines is 3. The van der Waals surface area contributed by atoms with Crippen molar-refractivity contribution in [1.82, 2.24) is 0 Å². The van der Waals surface area contributed by atoms with Crippen LogP contribution in [-0.4, -0.2) is 0 Å². The Labute approximate surface area is 300 Å². The first-order valence-corrected chi connectivity index (χ1v) is 18.1. The fraction of sp³-hybridized carbons (Fsp3) is 0. The highest BCUT2D eigenvalue weighted by Crippen LogP contribution is 2.47. The molecule has 0 saturated carbocycles. The van der Waals surface area contributed by atoms with Gasteiger partial charge in [-0.25, -0.2) is 0 Å². The number of para-hydroxylation sites is 2. The first-order chi connectivity index (χ1) is 25.3. The van der Waals surface area contributed by atoms with Gasteiger partial charge in [0, 0.05) is 53.6 Å². The Morgan fingerprint density at radius 3 is 1.67 bits per heavy atom. The average Bonchev–Trinajstić information content (AvgIpc) is 3.78. The number of rotatable bonds is 6. The van der Waals surface area contributed by atoms with Crippen LogP contribution < -0.4 is 4.90 Å². The molecule has 0 atom stereocenters. The van der Waals surface area contributed by atoms with Crippen molar-refractivity contribution >= 4 is 70.5 Å². The Morgan fingerprint density at radius 1 is 0.392 bits per heavy atom. The molecule has 240 valence electrons. The van der Waals surface area contributed by atoms with Gasteiger partial charge in [-0.2, -0.15) is 0 Å². The first kappa shape index (κ1) is 29.5. The number of benzene rings is 8. The van der Waals surface area contributed by atoms with E-state index in [1.807, 2.05) is 17.4 Å². The second-order valence-electron chi connectivity index (χ2n) is 12.9. The van der Waals surface area contributed by atoms with Gasteiger partial charge < -0.3 is 9.32 Å². The first-order valence-electron chi connectivity index (χ1n) is 17.3. The van der Waals surface area contributed by atoms with Crippen LogP contribution in [-0.2, 0) is 0 Å². The molecule has 0 N–H and O–H groups in total. The lowest BCUT2D eigenvalue weighted by Gasteiger charge is -2.26. The zero-order valence-corrected chi connectivity index (χ0v) is 28.5. The second-order valence-corrected chi connectivity index (χ2v) is 14.0. The molecule has 0 amide bonds. The summed E-state index contributed by atoms with van der Waals surface area (Å²) in [4.78, 5) is 2.33. The van der Waals surface area contributed by atoms with E-state index in [1.165, 1.54) is 53.6 Å². The lowest BCUT2D eigenvalue weighted by Crippen LogP contribution is -2.09. The van der Waals surface area contributed by atoms with Crippen LogP contribution in [0.2, 0.25) is 0 Å². The van der Waals surface area contributed by atoms with E-state index < -0.39 is 0 Å². The van der Waals surface area contributed by atoms with Crippen LogP contribution in [0.3, 0.4) is 0 Å². The lowest BCUT2D eigenvalue weighted by atomic mass is 9.98. The fourth-order valence-electron chi connectivity index (χ4n) is 7.41. The van der Waals surface area contributed by atoms with Gasteiger partial charge in [-0.05, 0) is 88.5 Å². The molecular weight excluding hydrogens is 639 g/mol. The number of fused-ring (bicyclic) bond motifs is 7. The predicted molar refractivity (Wildman–Crippen MR) is 218 cm³/mol. The molecule has 2 aromatic heterocycles. The Hall–Kier alpha value is -6.42. The topological polar surface area (TPSA) is 16.4 Å². The standard InChI is InChI=1S/C48H31NOS/c1-3-12-32(13-4-1)35-14-11-15-36(30-35)33-22-26-38(27-23-33)49(37-16-5-2-6-17-37)39-28-24-34(25-29-39)42-31-43-40-18-7-9-20-44(40)50-47(43)46-41-19-8-10-21-45(41)51-48(42)46/h1-31H. The maximum Gasteiger partial charge on any atom is 0.144 e. The molecule has 10 aromatic rings. The van der Waals surface area contributed by atoms with Gasteiger partial charge in [0.1, 0.15) is 11.2 Å². The average molecular weight is 670 g/mol. The highest BCUT2D eigenvalue weighted by atomic mass is 32.1. The summed E-state index contributed by atoms with van der Waals surface area (Å²) in [6.45, 7) is 0. The van der Waals surface area contributed by atoms with E-state index in [4.69, 9.17) is 4.42 Å². The van der Waals surface area contributed by atoms with Crippen LogP contribution in [0.5, 0.6) is 0 Å². The van der Waals surface area contributed by atoms with Crippen molar-refractivity contribution in [3.8, 4) is 33.4 Å². The summed E-state index contributed by atoms with van der Waals surface area (Å²) in [5.41, 5.74) is 12.5. The van der Waals surface area contributed by atoms with Crippen molar-refractivity contribution in [2.75, 3.05) is 4.90 Å². The Morgan fingerprint density at radius 2 is 0.941 bits per heavy atom. The minimum absolute atomic E-state index is 0.921. The van der Waals surface area contributed by atoms with Crippen molar-refractivity contribution < 1.29 is 4.42 Å². The summed E-state index contributed by atoms with van der Waals surface area (Å²) < 4.78 is 9.05. The number of hydrogen-bond acceptors (Lipinski definition) is 3. The van der Waals surface area contributed by atoms with Crippen LogP contribution in [0, 0.1) is 0 Å². The molecule has 0 bridgehead atoms. The van der Waals surface area contributed by atoms with Crippen molar-refractivity contribution in [2.24, 2.45) is 0 Å². The monoisotopic (exact) mass is 669 g/mol. The van der Waals surface area contributed by atoms with Crippen LogP contribution >= 0.6 is 11.3 Å². The van der Waals surface area contributed by atoms with Crippen LogP contribution in [0.4, 0.5) is 17.1 Å². The zero-order valence-electron chi connectivity index (χ0n) is 27.7. The van der Waals surface area contributed by atoms with E-state index in [9.17, 15) is 0 Å². The molecule has 51 heavy (non-hydrogen) atoms. The van der Waals surface area contributed by atoms with Crippen LogP contribution in [0.15, 0.2) is 192 Å². The number of nitrogens with zero attached hydrogens (tertiary/aromatic N) is 1. The summed E-state index contributed by atoms with van der Waals surface area (Å²) >= 11 is 1.84. The summed E-state index contributed by atoms with van der Waals surface area (Å²) in [5.74, 6) is 0. The van der Waals surface area contributed by atoms with E-state index in [2.05, 4.69) is 187 Å². The van der Waals surface area contributed by atoms with Gasteiger partial charge in [-0.1, -0.05) is 127 Å². The largest absolute Gasteiger partial charge is 0.455 e. The van der Waals surface area contributed by atoms with E-state index in [0.717, 1.165) is 39.0 Å². The van der Waals surface area contributed by atoms with Gasteiger partial charge in [0.2, 0.25) is 0 Å². The molecule has 3 heteroatoms. The van der Waals surface area contributed by atoms with Crippen molar-refractivity contribution in [3.63, 3.8) is 0 Å². The van der Waals surface area contributed by atoms with Gasteiger partial charge in [0.25, 0.3) is 0 Å². The summed E-state index contributed by atoms with van der Waals surface area (Å²) in [7, 11) is 0. The number of furan rings is 1. The van der Waals surface area contributed by atoms with Crippen molar-refractivity contribution in [3.05, 3.63) is 188 Å². The molecule has 2 nitrogen and oxygen atoms in total. The van der Waals surface area contributed by atoms with Gasteiger partial charge in [0.05, 0.1) is 0 Å². The number of hydrogen-bond donors (Lipinski definition) is 0. The third-order valence-electron chi connectivity index (χ3n) is 9.87. The summed E-state index contributed by atoms with van der Waals surface area (Å²) in [6, 6.07) is 67.2. The Balaban J connectivity index is 1.06. The van der Waals surface area contributed by atoms with E-state index in [-0.39, 0.29) is 0 Å². The van der Waals surface area contributed by atoms with Crippen LogP contribution in [0.1, 0.15) is 0 Å². The van der Waals surface area contributed by atoms with E-state index in [1.54, 1.807) is 0 Å². The molecule has 0 aliphatic carbocycles. The zero-order chi connectivity index (χ0) is 33.7. The smallest absolute Gasteiger partial charge is 0.144 e. The lowest BCUT2D eigenvalue weighted by molar-refractivity contribution is 0.673. The van der Waals surface area contributed by atoms with E-state index >= 15 is 0 Å². The predicted octanol–water partition coefficient (Wildman–Crippen LogP) is 14.4. The quantitative estimate of drug-likeness (QED) is 0.175. The fourth-order valence-corrected chi connectivity index (χ4v) is 8.64. The minimum atomic E-state index is 0.921. The van der Waals surface area contributed by atoms with Crippen molar-refractivity contribution in [2.45, 2.75) is 0 Å². The molecule has 0 fully saturated rings. The van der Waals surface area contributed by atoms with Crippen molar-refractivity contribution in [1.29, 1.82) is 0 Å². The minimum Gasteiger partial charge on any atom is -0.455 e. The summed E-state index contributed by atoms with van der Waals surface area (Å²) in [6.07, 6.45) is 0. The molecule has 0 aliphatic heterocycles. The third-order valence-corrected chi connectivity index (χ3v) is 11.1. The maximum absolute atomic E-state index is 6.53. The van der Waals surface area contributed by atoms with Gasteiger partial charge in [-0.15, -0.1) is 11.3 Å². The van der Waals surface area contributed by atoms with E-state index in [0.29, 0.717) is 0 Å². The Kier molecular flexibility index (Phi) is 7.04. The van der Waals surface area contributed by atoms with Gasteiger partial charge in [-0.3, -0.25) is 0 Å². The molecule has 2 heterocycles. The summed E-state index contributed by atoms with van der Waals surface area (Å²) in [5, 5.41) is 4.74. The molecule has 0 radical (unpaired) electrons. The highest BCUT2D eigenvalue weighted by molar-refractivity contribution is 7.26. The normalized spacial score (nSPS) is 11.5. The van der Waals surface area contributed by atoms with Gasteiger partial charge >= 0.3 is 0 Å². The number of thiophene rings is 1.